The van der Waals surface area contributed by atoms with Crippen molar-refractivity contribution in [1.82, 2.24) is 5.32 Å². The SMILES string of the molecule is CCNC(Cc1cccc(F)c1Br)c1sccc1Br. The summed E-state index contributed by atoms with van der Waals surface area (Å²) in [6.45, 7) is 2.96. The van der Waals surface area contributed by atoms with Gasteiger partial charge in [-0.15, -0.1) is 11.3 Å². The molecule has 1 heterocycles. The Morgan fingerprint density at radius 2 is 2.11 bits per heavy atom. The Hall–Kier alpha value is -0.230. The molecule has 1 aromatic heterocycles. The molecule has 0 saturated heterocycles. The summed E-state index contributed by atoms with van der Waals surface area (Å²) in [5, 5.41) is 5.52. The number of rotatable bonds is 5. The highest BCUT2D eigenvalue weighted by Crippen LogP contribution is 2.33. The summed E-state index contributed by atoms with van der Waals surface area (Å²) in [4.78, 5) is 1.25. The first-order chi connectivity index (χ1) is 9.13. The topological polar surface area (TPSA) is 12.0 Å². The van der Waals surface area contributed by atoms with Crippen molar-refractivity contribution >= 4 is 43.2 Å². The van der Waals surface area contributed by atoms with Crippen LogP contribution in [0.25, 0.3) is 0 Å². The molecule has 0 spiro atoms. The fourth-order valence-electron chi connectivity index (χ4n) is 1.98. The maximum absolute atomic E-state index is 13.6. The zero-order chi connectivity index (χ0) is 13.8. The van der Waals surface area contributed by atoms with E-state index < -0.39 is 0 Å². The largest absolute Gasteiger partial charge is 0.309 e. The van der Waals surface area contributed by atoms with Crippen molar-refractivity contribution in [2.45, 2.75) is 19.4 Å². The molecule has 0 radical (unpaired) electrons. The van der Waals surface area contributed by atoms with Crippen molar-refractivity contribution in [2.24, 2.45) is 0 Å². The second kappa shape index (κ2) is 6.97. The summed E-state index contributed by atoms with van der Waals surface area (Å²) in [7, 11) is 0. The Morgan fingerprint density at radius 3 is 2.74 bits per heavy atom. The Labute approximate surface area is 133 Å². The maximum Gasteiger partial charge on any atom is 0.137 e. The standard InChI is InChI=1S/C14H14Br2FNS/c1-2-18-12(14-10(15)6-7-19-14)8-9-4-3-5-11(17)13(9)16/h3-7,12,18H,2,8H2,1H3. The van der Waals surface area contributed by atoms with Gasteiger partial charge in [0.05, 0.1) is 4.47 Å². The number of benzene rings is 1. The Kier molecular flexibility index (Phi) is 5.57. The lowest BCUT2D eigenvalue weighted by atomic mass is 10.0. The number of halogens is 3. The van der Waals surface area contributed by atoms with Gasteiger partial charge in [-0.05, 0) is 67.9 Å². The quantitative estimate of drug-likeness (QED) is 0.709. The van der Waals surface area contributed by atoms with Crippen LogP contribution >= 0.6 is 43.2 Å². The first-order valence-corrected chi connectivity index (χ1v) is 8.49. The van der Waals surface area contributed by atoms with Crippen molar-refractivity contribution < 1.29 is 4.39 Å². The van der Waals surface area contributed by atoms with E-state index in [1.54, 1.807) is 17.4 Å². The van der Waals surface area contributed by atoms with Gasteiger partial charge in [0.25, 0.3) is 0 Å². The third-order valence-corrected chi connectivity index (χ3v) is 5.74. The second-order valence-electron chi connectivity index (χ2n) is 4.16. The summed E-state index contributed by atoms with van der Waals surface area (Å²) in [6.07, 6.45) is 0.755. The molecule has 1 N–H and O–H groups in total. The number of thiophene rings is 1. The van der Waals surface area contributed by atoms with Gasteiger partial charge in [0.1, 0.15) is 5.82 Å². The van der Waals surface area contributed by atoms with Gasteiger partial charge in [-0.3, -0.25) is 0 Å². The molecule has 1 unspecified atom stereocenters. The molecule has 19 heavy (non-hydrogen) atoms. The molecule has 0 bridgehead atoms. The van der Waals surface area contributed by atoms with Crippen LogP contribution in [-0.2, 0) is 6.42 Å². The van der Waals surface area contributed by atoms with Crippen LogP contribution in [-0.4, -0.2) is 6.54 Å². The van der Waals surface area contributed by atoms with Gasteiger partial charge < -0.3 is 5.32 Å². The minimum Gasteiger partial charge on any atom is -0.309 e. The molecule has 0 saturated carbocycles. The molecule has 1 nitrogen and oxygen atoms in total. The fraction of sp³-hybridized carbons (Fsp3) is 0.286. The van der Waals surface area contributed by atoms with Crippen molar-refractivity contribution in [3.8, 4) is 0 Å². The van der Waals surface area contributed by atoms with Gasteiger partial charge in [0, 0.05) is 15.4 Å². The van der Waals surface area contributed by atoms with Crippen LogP contribution in [0.5, 0.6) is 0 Å². The molecule has 1 atom stereocenters. The lowest BCUT2D eigenvalue weighted by molar-refractivity contribution is 0.551. The monoisotopic (exact) mass is 405 g/mol. The molecule has 0 aliphatic carbocycles. The molecule has 0 amide bonds. The average molecular weight is 407 g/mol. The van der Waals surface area contributed by atoms with Crippen molar-refractivity contribution in [1.29, 1.82) is 0 Å². The highest BCUT2D eigenvalue weighted by Gasteiger charge is 2.17. The molecule has 0 fully saturated rings. The van der Waals surface area contributed by atoms with E-state index in [0.29, 0.717) is 4.47 Å². The number of likely N-dealkylation sites (N-methyl/N-ethyl adjacent to an activating group) is 1. The summed E-state index contributed by atoms with van der Waals surface area (Å²) >= 11 is 8.61. The first kappa shape index (κ1) is 15.2. The third kappa shape index (κ3) is 3.66. The van der Waals surface area contributed by atoms with Gasteiger partial charge in [0.15, 0.2) is 0 Å². The molecule has 5 heteroatoms. The van der Waals surface area contributed by atoms with E-state index in [9.17, 15) is 4.39 Å². The lowest BCUT2D eigenvalue weighted by Gasteiger charge is -2.18. The zero-order valence-electron chi connectivity index (χ0n) is 10.4. The second-order valence-corrected chi connectivity index (χ2v) is 6.76. The average Bonchev–Trinajstić information content (AvgIpc) is 2.80. The Balaban J connectivity index is 2.27. The summed E-state index contributed by atoms with van der Waals surface area (Å²) in [6, 6.07) is 7.42. The number of hydrogen-bond donors (Lipinski definition) is 1. The van der Waals surface area contributed by atoms with Gasteiger partial charge >= 0.3 is 0 Å². The van der Waals surface area contributed by atoms with Crippen molar-refractivity contribution in [3.63, 3.8) is 0 Å². The molecule has 102 valence electrons. The normalized spacial score (nSPS) is 12.6. The summed E-state index contributed by atoms with van der Waals surface area (Å²) < 4.78 is 15.2. The fourth-order valence-corrected chi connectivity index (χ4v) is 4.14. The van der Waals surface area contributed by atoms with Gasteiger partial charge in [0.2, 0.25) is 0 Å². The lowest BCUT2D eigenvalue weighted by Crippen LogP contribution is -2.22. The van der Waals surface area contributed by atoms with E-state index in [0.717, 1.165) is 23.0 Å². The van der Waals surface area contributed by atoms with Gasteiger partial charge in [-0.25, -0.2) is 4.39 Å². The summed E-state index contributed by atoms with van der Waals surface area (Å²) in [5.74, 6) is -0.210. The smallest absolute Gasteiger partial charge is 0.137 e. The molecule has 2 aromatic rings. The predicted octanol–water partition coefficient (Wildman–Crippen LogP) is 5.31. The van der Waals surface area contributed by atoms with E-state index in [1.807, 2.05) is 12.1 Å². The van der Waals surface area contributed by atoms with E-state index in [4.69, 9.17) is 0 Å². The zero-order valence-corrected chi connectivity index (χ0v) is 14.4. The van der Waals surface area contributed by atoms with Crippen LogP contribution < -0.4 is 5.32 Å². The van der Waals surface area contributed by atoms with Crippen LogP contribution in [0.2, 0.25) is 0 Å². The molecule has 0 aliphatic heterocycles. The van der Waals surface area contributed by atoms with Crippen molar-refractivity contribution in [2.75, 3.05) is 6.54 Å². The van der Waals surface area contributed by atoms with E-state index >= 15 is 0 Å². The van der Waals surface area contributed by atoms with E-state index in [-0.39, 0.29) is 11.9 Å². The first-order valence-electron chi connectivity index (χ1n) is 6.02. The highest BCUT2D eigenvalue weighted by molar-refractivity contribution is 9.10. The Morgan fingerprint density at radius 1 is 1.32 bits per heavy atom. The molecular weight excluding hydrogens is 393 g/mol. The molecular formula is C14H14Br2FNS. The van der Waals surface area contributed by atoms with Crippen LogP contribution in [0.15, 0.2) is 38.6 Å². The minimum absolute atomic E-state index is 0.192. The van der Waals surface area contributed by atoms with Crippen molar-refractivity contribution in [3.05, 3.63) is 54.8 Å². The minimum atomic E-state index is -0.210. The molecule has 2 rings (SSSR count). The van der Waals surface area contributed by atoms with Crippen LogP contribution in [0.3, 0.4) is 0 Å². The van der Waals surface area contributed by atoms with Crippen LogP contribution in [0, 0.1) is 5.82 Å². The van der Waals surface area contributed by atoms with Crippen LogP contribution in [0.1, 0.15) is 23.4 Å². The number of nitrogens with one attached hydrogen (secondary N) is 1. The predicted molar refractivity (Wildman–Crippen MR) is 86.2 cm³/mol. The molecule has 0 aliphatic rings. The summed E-state index contributed by atoms with van der Waals surface area (Å²) in [5.41, 5.74) is 0.978. The van der Waals surface area contributed by atoms with Gasteiger partial charge in [-0.1, -0.05) is 19.1 Å². The van der Waals surface area contributed by atoms with E-state index in [2.05, 4.69) is 49.5 Å². The molecule has 1 aromatic carbocycles. The third-order valence-electron chi connectivity index (χ3n) is 2.87. The van der Waals surface area contributed by atoms with E-state index in [1.165, 1.54) is 10.9 Å². The number of hydrogen-bond acceptors (Lipinski definition) is 2. The van der Waals surface area contributed by atoms with Crippen LogP contribution in [0.4, 0.5) is 4.39 Å². The maximum atomic E-state index is 13.6. The van der Waals surface area contributed by atoms with Gasteiger partial charge in [-0.2, -0.15) is 0 Å². The highest BCUT2D eigenvalue weighted by atomic mass is 79.9. The Bertz CT molecular complexity index is 556.